The predicted octanol–water partition coefficient (Wildman–Crippen LogP) is -0.425. The molecule has 0 saturated carbocycles. The smallest absolute Gasteiger partial charge is 0.245 e. The SMILES string of the molecule is Cc1cc(CN2CC(=O)NC(C)C2=O)n(C)n1. The number of carbonyl (C=O) groups excluding carboxylic acids is 2. The first-order valence-electron chi connectivity index (χ1n) is 5.55. The first-order valence-corrected chi connectivity index (χ1v) is 5.55. The largest absolute Gasteiger partial charge is 0.343 e. The number of hydrogen-bond acceptors (Lipinski definition) is 3. The van der Waals surface area contributed by atoms with Gasteiger partial charge in [-0.05, 0) is 19.9 Å². The van der Waals surface area contributed by atoms with Crippen molar-refractivity contribution in [1.29, 1.82) is 0 Å². The molecule has 1 N–H and O–H groups in total. The Morgan fingerprint density at radius 1 is 1.53 bits per heavy atom. The molecule has 2 rings (SSSR count). The normalized spacial score (nSPS) is 20.6. The van der Waals surface area contributed by atoms with Crippen LogP contribution < -0.4 is 5.32 Å². The number of piperazine rings is 1. The number of rotatable bonds is 2. The van der Waals surface area contributed by atoms with E-state index in [0.717, 1.165) is 11.4 Å². The molecule has 0 aliphatic carbocycles. The summed E-state index contributed by atoms with van der Waals surface area (Å²) in [5.74, 6) is -0.167. The minimum atomic E-state index is -0.439. The zero-order chi connectivity index (χ0) is 12.6. The van der Waals surface area contributed by atoms with Gasteiger partial charge in [0.2, 0.25) is 11.8 Å². The molecular formula is C11H16N4O2. The van der Waals surface area contributed by atoms with Gasteiger partial charge in [0.1, 0.15) is 12.6 Å². The van der Waals surface area contributed by atoms with Gasteiger partial charge in [-0.25, -0.2) is 0 Å². The predicted molar refractivity (Wildman–Crippen MR) is 61.0 cm³/mol. The molecule has 0 spiro atoms. The van der Waals surface area contributed by atoms with E-state index < -0.39 is 6.04 Å². The van der Waals surface area contributed by atoms with E-state index in [4.69, 9.17) is 0 Å². The summed E-state index contributed by atoms with van der Waals surface area (Å²) in [6, 6.07) is 1.48. The second-order valence-corrected chi connectivity index (χ2v) is 4.38. The topological polar surface area (TPSA) is 67.2 Å². The van der Waals surface area contributed by atoms with E-state index in [0.29, 0.717) is 6.54 Å². The molecule has 1 saturated heterocycles. The molecule has 2 heterocycles. The van der Waals surface area contributed by atoms with Crippen LogP contribution in [0.1, 0.15) is 18.3 Å². The van der Waals surface area contributed by atoms with E-state index in [-0.39, 0.29) is 18.4 Å². The molecule has 1 aliphatic rings. The van der Waals surface area contributed by atoms with Gasteiger partial charge < -0.3 is 10.2 Å². The number of nitrogens with one attached hydrogen (secondary N) is 1. The van der Waals surface area contributed by atoms with E-state index in [9.17, 15) is 9.59 Å². The van der Waals surface area contributed by atoms with Crippen LogP contribution in [0.3, 0.4) is 0 Å². The fraction of sp³-hybridized carbons (Fsp3) is 0.545. The lowest BCUT2D eigenvalue weighted by atomic mass is 10.2. The second kappa shape index (κ2) is 4.20. The molecule has 0 bridgehead atoms. The van der Waals surface area contributed by atoms with Crippen LogP contribution in [-0.4, -0.2) is 39.1 Å². The molecule has 1 fully saturated rings. The van der Waals surface area contributed by atoms with Crippen LogP contribution in [0.15, 0.2) is 6.07 Å². The Morgan fingerprint density at radius 3 is 2.82 bits per heavy atom. The fourth-order valence-electron chi connectivity index (χ4n) is 2.02. The van der Waals surface area contributed by atoms with Crippen LogP contribution in [0.5, 0.6) is 0 Å². The summed E-state index contributed by atoms with van der Waals surface area (Å²) >= 11 is 0. The fourth-order valence-corrected chi connectivity index (χ4v) is 2.02. The zero-order valence-corrected chi connectivity index (χ0v) is 10.2. The maximum absolute atomic E-state index is 11.9. The highest BCUT2D eigenvalue weighted by Gasteiger charge is 2.29. The average molecular weight is 236 g/mol. The second-order valence-electron chi connectivity index (χ2n) is 4.38. The van der Waals surface area contributed by atoms with E-state index in [1.807, 2.05) is 20.0 Å². The number of hydrogen-bond donors (Lipinski definition) is 1. The highest BCUT2D eigenvalue weighted by atomic mass is 16.2. The van der Waals surface area contributed by atoms with Crippen molar-refractivity contribution in [3.8, 4) is 0 Å². The van der Waals surface area contributed by atoms with Gasteiger partial charge in [-0.3, -0.25) is 14.3 Å². The minimum absolute atomic E-state index is 0.0524. The van der Waals surface area contributed by atoms with Gasteiger partial charge in [-0.2, -0.15) is 5.10 Å². The summed E-state index contributed by atoms with van der Waals surface area (Å²) in [6.45, 7) is 4.14. The molecule has 1 aromatic rings. The monoisotopic (exact) mass is 236 g/mol. The molecule has 1 aliphatic heterocycles. The van der Waals surface area contributed by atoms with E-state index in [1.165, 1.54) is 0 Å². The summed E-state index contributed by atoms with van der Waals surface area (Å²) in [5.41, 5.74) is 1.84. The minimum Gasteiger partial charge on any atom is -0.343 e. The highest BCUT2D eigenvalue weighted by Crippen LogP contribution is 2.10. The first kappa shape index (κ1) is 11.6. The highest BCUT2D eigenvalue weighted by molar-refractivity contribution is 5.94. The number of nitrogens with zero attached hydrogens (tertiary/aromatic N) is 3. The molecule has 17 heavy (non-hydrogen) atoms. The van der Waals surface area contributed by atoms with Gasteiger partial charge >= 0.3 is 0 Å². The third-order valence-electron chi connectivity index (χ3n) is 2.85. The van der Waals surface area contributed by atoms with Gasteiger partial charge in [-0.15, -0.1) is 0 Å². The van der Waals surface area contributed by atoms with E-state index in [2.05, 4.69) is 10.4 Å². The van der Waals surface area contributed by atoms with Crippen LogP contribution in [0, 0.1) is 6.92 Å². The lowest BCUT2D eigenvalue weighted by Crippen LogP contribution is -2.56. The standard InChI is InChI=1S/C11H16N4O2/c1-7-4-9(14(3)13-7)5-15-6-10(16)12-8(2)11(15)17/h4,8H,5-6H2,1-3H3,(H,12,16). The summed E-state index contributed by atoms with van der Waals surface area (Å²) in [7, 11) is 1.83. The third kappa shape index (κ3) is 2.30. The maximum Gasteiger partial charge on any atom is 0.245 e. The van der Waals surface area contributed by atoms with Gasteiger partial charge in [-0.1, -0.05) is 0 Å². The molecule has 92 valence electrons. The zero-order valence-electron chi connectivity index (χ0n) is 10.2. The Hall–Kier alpha value is -1.85. The van der Waals surface area contributed by atoms with Crippen LogP contribution in [0.4, 0.5) is 0 Å². The van der Waals surface area contributed by atoms with Crippen molar-refractivity contribution >= 4 is 11.8 Å². The Bertz CT molecular complexity index is 466. The third-order valence-corrected chi connectivity index (χ3v) is 2.85. The van der Waals surface area contributed by atoms with E-state index >= 15 is 0 Å². The number of aromatic nitrogens is 2. The quantitative estimate of drug-likeness (QED) is 0.758. The number of aryl methyl sites for hydroxylation is 2. The van der Waals surface area contributed by atoms with Gasteiger partial charge in [0.05, 0.1) is 17.9 Å². The molecule has 1 atom stereocenters. The van der Waals surface area contributed by atoms with Crippen molar-refractivity contribution < 1.29 is 9.59 Å². The van der Waals surface area contributed by atoms with Crippen molar-refractivity contribution in [3.63, 3.8) is 0 Å². The Kier molecular flexibility index (Phi) is 2.87. The summed E-state index contributed by atoms with van der Waals surface area (Å²) in [6.07, 6.45) is 0. The molecule has 1 aromatic heterocycles. The average Bonchev–Trinajstić information content (AvgIpc) is 2.53. The summed E-state index contributed by atoms with van der Waals surface area (Å²) in [5, 5.41) is 6.83. The summed E-state index contributed by atoms with van der Waals surface area (Å²) < 4.78 is 1.74. The van der Waals surface area contributed by atoms with Crippen molar-refractivity contribution in [2.24, 2.45) is 7.05 Å². The molecule has 1 unspecified atom stereocenters. The van der Waals surface area contributed by atoms with Crippen molar-refractivity contribution in [2.45, 2.75) is 26.4 Å². The van der Waals surface area contributed by atoms with Crippen LogP contribution >= 0.6 is 0 Å². The Labute approximate surface area is 99.6 Å². The van der Waals surface area contributed by atoms with E-state index in [1.54, 1.807) is 16.5 Å². The lowest BCUT2D eigenvalue weighted by molar-refractivity contribution is -0.144. The van der Waals surface area contributed by atoms with Crippen LogP contribution in [0.2, 0.25) is 0 Å². The molecular weight excluding hydrogens is 220 g/mol. The number of amides is 2. The Balaban J connectivity index is 2.15. The van der Waals surface area contributed by atoms with Gasteiger partial charge in [0.15, 0.2) is 0 Å². The molecule has 6 heteroatoms. The van der Waals surface area contributed by atoms with Crippen LogP contribution in [0.25, 0.3) is 0 Å². The molecule has 6 nitrogen and oxygen atoms in total. The van der Waals surface area contributed by atoms with Crippen LogP contribution in [-0.2, 0) is 23.2 Å². The van der Waals surface area contributed by atoms with Gasteiger partial charge in [0.25, 0.3) is 0 Å². The number of carbonyl (C=O) groups is 2. The summed E-state index contributed by atoms with van der Waals surface area (Å²) in [4.78, 5) is 24.8. The molecule has 2 amide bonds. The first-order chi connectivity index (χ1) is 7.97. The van der Waals surface area contributed by atoms with Crippen molar-refractivity contribution in [1.82, 2.24) is 20.0 Å². The maximum atomic E-state index is 11.9. The Morgan fingerprint density at radius 2 is 2.24 bits per heavy atom. The van der Waals surface area contributed by atoms with Crippen molar-refractivity contribution in [2.75, 3.05) is 6.54 Å². The molecule has 0 aromatic carbocycles. The molecule has 0 radical (unpaired) electrons. The van der Waals surface area contributed by atoms with Gasteiger partial charge in [0, 0.05) is 7.05 Å². The van der Waals surface area contributed by atoms with Crippen molar-refractivity contribution in [3.05, 3.63) is 17.5 Å². The lowest BCUT2D eigenvalue weighted by Gasteiger charge is -2.30.